The largest absolute Gasteiger partial charge is 0.380 e. The number of carbonyl (C=O) groups excluding carboxylic acids is 1. The van der Waals surface area contributed by atoms with E-state index in [-0.39, 0.29) is 22.1 Å². The second kappa shape index (κ2) is 7.35. The molecule has 1 aromatic rings. The third-order valence-electron chi connectivity index (χ3n) is 3.12. The van der Waals surface area contributed by atoms with Crippen LogP contribution in [0.2, 0.25) is 0 Å². The summed E-state index contributed by atoms with van der Waals surface area (Å²) in [5.74, 6) is -0.103. The van der Waals surface area contributed by atoms with Gasteiger partial charge in [-0.15, -0.1) is 11.3 Å². The SMILES string of the molecule is CCOCC(NC(=O)c1csc(S(N)(=O)=O)c1C)C(C)C. The third kappa shape index (κ3) is 4.77. The fourth-order valence-electron chi connectivity index (χ4n) is 1.80. The smallest absolute Gasteiger partial charge is 0.252 e. The zero-order chi connectivity index (χ0) is 16.2. The molecule has 1 unspecified atom stereocenters. The van der Waals surface area contributed by atoms with Crippen LogP contribution < -0.4 is 10.5 Å². The molecular weight excluding hydrogens is 312 g/mol. The zero-order valence-corrected chi connectivity index (χ0v) is 14.3. The van der Waals surface area contributed by atoms with Crippen molar-refractivity contribution in [3.8, 4) is 0 Å². The summed E-state index contributed by atoms with van der Waals surface area (Å²) in [5.41, 5.74) is 0.727. The van der Waals surface area contributed by atoms with Crippen LogP contribution in [0.4, 0.5) is 0 Å². The molecule has 1 aromatic heterocycles. The van der Waals surface area contributed by atoms with Gasteiger partial charge in [-0.3, -0.25) is 4.79 Å². The number of hydrogen-bond donors (Lipinski definition) is 2. The average molecular weight is 334 g/mol. The van der Waals surface area contributed by atoms with Crippen LogP contribution in [0.1, 0.15) is 36.7 Å². The summed E-state index contributed by atoms with van der Waals surface area (Å²) in [4.78, 5) is 12.3. The van der Waals surface area contributed by atoms with Crippen LogP contribution in [0.3, 0.4) is 0 Å². The lowest BCUT2D eigenvalue weighted by Crippen LogP contribution is -2.42. The molecule has 0 aromatic carbocycles. The number of primary sulfonamides is 1. The molecule has 21 heavy (non-hydrogen) atoms. The number of rotatable bonds is 7. The molecule has 6 nitrogen and oxygen atoms in total. The van der Waals surface area contributed by atoms with Crippen molar-refractivity contribution in [2.24, 2.45) is 11.1 Å². The van der Waals surface area contributed by atoms with Crippen LogP contribution >= 0.6 is 11.3 Å². The summed E-state index contributed by atoms with van der Waals surface area (Å²) in [7, 11) is -3.79. The Labute approximate surface area is 129 Å². The van der Waals surface area contributed by atoms with Crippen LogP contribution in [-0.2, 0) is 14.8 Å². The average Bonchev–Trinajstić information content (AvgIpc) is 2.75. The summed E-state index contributed by atoms with van der Waals surface area (Å²) in [6.07, 6.45) is 0. The lowest BCUT2D eigenvalue weighted by Gasteiger charge is -2.22. The Morgan fingerprint density at radius 2 is 2.10 bits per heavy atom. The lowest BCUT2D eigenvalue weighted by atomic mass is 10.0. The highest BCUT2D eigenvalue weighted by atomic mass is 32.2. The molecule has 3 N–H and O–H groups in total. The van der Waals surface area contributed by atoms with E-state index < -0.39 is 10.0 Å². The number of nitrogens with one attached hydrogen (secondary N) is 1. The molecule has 0 aliphatic heterocycles. The lowest BCUT2D eigenvalue weighted by molar-refractivity contribution is 0.0806. The molecule has 120 valence electrons. The van der Waals surface area contributed by atoms with E-state index in [4.69, 9.17) is 9.88 Å². The van der Waals surface area contributed by atoms with Gasteiger partial charge in [0.15, 0.2) is 0 Å². The van der Waals surface area contributed by atoms with E-state index in [9.17, 15) is 13.2 Å². The van der Waals surface area contributed by atoms with E-state index in [1.165, 1.54) is 5.38 Å². The number of thiophene rings is 1. The first-order valence-electron chi connectivity index (χ1n) is 6.68. The minimum atomic E-state index is -3.79. The molecule has 0 fully saturated rings. The number of nitrogens with two attached hydrogens (primary N) is 1. The second-order valence-corrected chi connectivity index (χ2v) is 7.73. The van der Waals surface area contributed by atoms with Gasteiger partial charge in [-0.2, -0.15) is 0 Å². The predicted molar refractivity (Wildman–Crippen MR) is 83.0 cm³/mol. The molecule has 1 rings (SSSR count). The van der Waals surface area contributed by atoms with Gasteiger partial charge in [-0.25, -0.2) is 13.6 Å². The molecule has 0 radical (unpaired) electrons. The van der Waals surface area contributed by atoms with Gasteiger partial charge in [0.05, 0.1) is 18.2 Å². The Kier molecular flexibility index (Phi) is 6.33. The van der Waals surface area contributed by atoms with E-state index in [0.29, 0.717) is 24.3 Å². The molecule has 0 spiro atoms. The number of amides is 1. The van der Waals surface area contributed by atoms with Gasteiger partial charge in [0.2, 0.25) is 10.0 Å². The van der Waals surface area contributed by atoms with Gasteiger partial charge in [-0.1, -0.05) is 13.8 Å². The second-order valence-electron chi connectivity index (χ2n) is 5.09. The monoisotopic (exact) mass is 334 g/mol. The highest BCUT2D eigenvalue weighted by Gasteiger charge is 2.23. The first kappa shape index (κ1) is 18.1. The van der Waals surface area contributed by atoms with E-state index in [0.717, 1.165) is 11.3 Å². The van der Waals surface area contributed by atoms with Gasteiger partial charge in [0.25, 0.3) is 5.91 Å². The molecule has 1 heterocycles. The topological polar surface area (TPSA) is 98.5 Å². The van der Waals surface area contributed by atoms with Gasteiger partial charge in [0.1, 0.15) is 4.21 Å². The molecule has 0 aliphatic carbocycles. The van der Waals surface area contributed by atoms with Crippen molar-refractivity contribution >= 4 is 27.3 Å². The number of ether oxygens (including phenoxy) is 1. The van der Waals surface area contributed by atoms with Crippen LogP contribution in [-0.4, -0.2) is 33.6 Å². The van der Waals surface area contributed by atoms with E-state index in [1.54, 1.807) is 6.92 Å². The molecular formula is C13H22N2O4S2. The summed E-state index contributed by atoms with van der Waals surface area (Å²) >= 11 is 0.960. The number of hydrogen-bond acceptors (Lipinski definition) is 5. The minimum absolute atomic E-state index is 0.0264. The van der Waals surface area contributed by atoms with Crippen molar-refractivity contribution in [1.29, 1.82) is 0 Å². The normalized spacial score (nSPS) is 13.4. The van der Waals surface area contributed by atoms with Crippen LogP contribution in [0, 0.1) is 12.8 Å². The first-order valence-corrected chi connectivity index (χ1v) is 9.10. The first-order chi connectivity index (χ1) is 9.68. The number of carbonyl (C=O) groups is 1. The Morgan fingerprint density at radius 3 is 2.52 bits per heavy atom. The highest BCUT2D eigenvalue weighted by molar-refractivity contribution is 7.91. The number of sulfonamides is 1. The van der Waals surface area contributed by atoms with Crippen molar-refractivity contribution in [3.63, 3.8) is 0 Å². The zero-order valence-electron chi connectivity index (χ0n) is 12.7. The summed E-state index contributed by atoms with van der Waals surface area (Å²) < 4.78 is 28.2. The Morgan fingerprint density at radius 1 is 1.48 bits per heavy atom. The Bertz CT molecular complexity index is 593. The molecule has 0 saturated carbocycles. The Hall–Kier alpha value is -0.960. The van der Waals surface area contributed by atoms with Crippen molar-refractivity contribution in [2.45, 2.75) is 37.9 Å². The maximum absolute atomic E-state index is 12.3. The maximum atomic E-state index is 12.3. The maximum Gasteiger partial charge on any atom is 0.252 e. The molecule has 0 aliphatic rings. The van der Waals surface area contributed by atoms with E-state index in [1.807, 2.05) is 20.8 Å². The van der Waals surface area contributed by atoms with Crippen molar-refractivity contribution in [3.05, 3.63) is 16.5 Å². The molecule has 0 bridgehead atoms. The van der Waals surface area contributed by atoms with Crippen molar-refractivity contribution in [1.82, 2.24) is 5.32 Å². The van der Waals surface area contributed by atoms with Crippen LogP contribution in [0.25, 0.3) is 0 Å². The fraction of sp³-hybridized carbons (Fsp3) is 0.615. The van der Waals surface area contributed by atoms with Crippen LogP contribution in [0.5, 0.6) is 0 Å². The summed E-state index contributed by atoms with van der Waals surface area (Å²) in [5, 5.41) is 9.51. The van der Waals surface area contributed by atoms with Crippen molar-refractivity contribution < 1.29 is 17.9 Å². The van der Waals surface area contributed by atoms with Gasteiger partial charge in [0, 0.05) is 12.0 Å². The van der Waals surface area contributed by atoms with Gasteiger partial charge >= 0.3 is 0 Å². The minimum Gasteiger partial charge on any atom is -0.380 e. The fourth-order valence-corrected chi connectivity index (χ4v) is 3.81. The summed E-state index contributed by atoms with van der Waals surface area (Å²) in [6.45, 7) is 8.44. The molecule has 0 saturated heterocycles. The third-order valence-corrected chi connectivity index (χ3v) is 5.80. The van der Waals surface area contributed by atoms with Crippen LogP contribution in [0.15, 0.2) is 9.59 Å². The molecule has 1 amide bonds. The highest BCUT2D eigenvalue weighted by Crippen LogP contribution is 2.25. The van der Waals surface area contributed by atoms with Crippen molar-refractivity contribution in [2.75, 3.05) is 13.2 Å². The quantitative estimate of drug-likeness (QED) is 0.789. The Balaban J connectivity index is 2.91. The summed E-state index contributed by atoms with van der Waals surface area (Å²) in [6, 6.07) is -0.130. The van der Waals surface area contributed by atoms with Gasteiger partial charge in [-0.05, 0) is 25.3 Å². The molecule has 1 atom stereocenters. The van der Waals surface area contributed by atoms with E-state index >= 15 is 0 Å². The van der Waals surface area contributed by atoms with Gasteiger partial charge < -0.3 is 10.1 Å². The predicted octanol–water partition coefficient (Wildman–Crippen LogP) is 1.49. The van der Waals surface area contributed by atoms with E-state index in [2.05, 4.69) is 5.32 Å². The standard InChI is InChI=1S/C13H22N2O4S2/c1-5-19-6-11(8(2)3)15-12(16)10-7-20-13(9(10)4)21(14,17)18/h7-8,11H,5-6H2,1-4H3,(H,15,16)(H2,14,17,18). The molecule has 8 heteroatoms.